The van der Waals surface area contributed by atoms with E-state index in [9.17, 15) is 9.59 Å². The molecule has 104 valence electrons. The van der Waals surface area contributed by atoms with Crippen molar-refractivity contribution in [3.8, 4) is 0 Å². The Morgan fingerprint density at radius 1 is 1.30 bits per heavy atom. The molecule has 2 rings (SSSR count). The van der Waals surface area contributed by atoms with Crippen LogP contribution in [0, 0.1) is 6.92 Å². The average molecular weight is 293 g/mol. The van der Waals surface area contributed by atoms with Gasteiger partial charge in [0.05, 0.1) is 19.0 Å². The second-order valence-electron chi connectivity index (χ2n) is 3.59. The minimum absolute atomic E-state index is 0.296. The van der Waals surface area contributed by atoms with Crippen LogP contribution in [0.5, 0.6) is 0 Å². The van der Waals surface area contributed by atoms with E-state index in [-0.39, 0.29) is 0 Å². The third-order valence-corrected chi connectivity index (χ3v) is 3.25. The van der Waals surface area contributed by atoms with Crippen LogP contribution in [-0.4, -0.2) is 34.1 Å². The molecular weight excluding hydrogens is 282 g/mol. The number of amides is 2. The Morgan fingerprint density at radius 2 is 2.10 bits per heavy atom. The van der Waals surface area contributed by atoms with Crippen molar-refractivity contribution in [2.24, 2.45) is 0 Å². The highest BCUT2D eigenvalue weighted by Crippen LogP contribution is 2.23. The summed E-state index contributed by atoms with van der Waals surface area (Å²) >= 11 is 1.04. The number of anilines is 2. The van der Waals surface area contributed by atoms with Gasteiger partial charge in [-0.3, -0.25) is 15.6 Å². The number of carbonyl (C=O) groups excluding carboxylic acids is 2. The molecule has 0 atom stereocenters. The molecule has 2 amide bonds. The summed E-state index contributed by atoms with van der Waals surface area (Å²) in [4.78, 5) is 35.3. The molecule has 0 aliphatic heterocycles. The predicted molar refractivity (Wildman–Crippen MR) is 72.9 cm³/mol. The van der Waals surface area contributed by atoms with Crippen molar-refractivity contribution in [2.75, 3.05) is 17.7 Å². The fourth-order valence-corrected chi connectivity index (χ4v) is 2.22. The monoisotopic (exact) mass is 293 g/mol. The van der Waals surface area contributed by atoms with Crippen LogP contribution in [0.15, 0.2) is 18.6 Å². The number of carbonyl (C=O) groups is 2. The van der Waals surface area contributed by atoms with Crippen molar-refractivity contribution in [1.29, 1.82) is 0 Å². The van der Waals surface area contributed by atoms with Crippen LogP contribution in [0.4, 0.5) is 15.7 Å². The van der Waals surface area contributed by atoms with Crippen molar-refractivity contribution in [3.05, 3.63) is 29.2 Å². The molecular formula is C11H11N5O3S. The lowest BCUT2D eigenvalue weighted by Gasteiger charge is -2.02. The predicted octanol–water partition coefficient (Wildman–Crippen LogP) is 1.67. The summed E-state index contributed by atoms with van der Waals surface area (Å²) in [6, 6.07) is -0.518. The lowest BCUT2D eigenvalue weighted by molar-refractivity contribution is 0.0605. The molecule has 0 radical (unpaired) electrons. The largest absolute Gasteiger partial charge is 0.465 e. The topological polar surface area (TPSA) is 106 Å². The van der Waals surface area contributed by atoms with Crippen LogP contribution < -0.4 is 10.6 Å². The number of urea groups is 1. The second-order valence-corrected chi connectivity index (χ2v) is 4.59. The molecule has 0 aliphatic rings. The van der Waals surface area contributed by atoms with E-state index in [1.54, 1.807) is 6.92 Å². The molecule has 20 heavy (non-hydrogen) atoms. The van der Waals surface area contributed by atoms with Gasteiger partial charge in [-0.1, -0.05) is 11.3 Å². The smallest absolute Gasteiger partial charge is 0.350 e. The van der Waals surface area contributed by atoms with E-state index in [4.69, 9.17) is 0 Å². The number of ether oxygens (including phenoxy) is 1. The van der Waals surface area contributed by atoms with Gasteiger partial charge in [-0.25, -0.2) is 19.6 Å². The van der Waals surface area contributed by atoms with Crippen LogP contribution in [-0.2, 0) is 4.74 Å². The minimum atomic E-state index is -0.518. The van der Waals surface area contributed by atoms with E-state index in [1.165, 1.54) is 25.7 Å². The molecule has 0 aromatic carbocycles. The zero-order valence-electron chi connectivity index (χ0n) is 10.7. The van der Waals surface area contributed by atoms with Gasteiger partial charge in [0, 0.05) is 12.4 Å². The first-order chi connectivity index (χ1) is 9.60. The maximum atomic E-state index is 11.7. The number of thiazole rings is 1. The summed E-state index contributed by atoms with van der Waals surface area (Å²) < 4.78 is 4.62. The summed E-state index contributed by atoms with van der Waals surface area (Å²) in [6.45, 7) is 1.66. The lowest BCUT2D eigenvalue weighted by atomic mass is 10.4. The highest BCUT2D eigenvalue weighted by Gasteiger charge is 2.16. The summed E-state index contributed by atoms with van der Waals surface area (Å²) in [6.07, 6.45) is 4.36. The van der Waals surface area contributed by atoms with Gasteiger partial charge in [0.25, 0.3) is 0 Å². The number of hydrogen-bond donors (Lipinski definition) is 2. The normalized spacial score (nSPS) is 9.90. The van der Waals surface area contributed by atoms with Gasteiger partial charge in [-0.05, 0) is 6.92 Å². The Hall–Kier alpha value is -2.55. The summed E-state index contributed by atoms with van der Waals surface area (Å²) in [5.41, 5.74) is 0.497. The van der Waals surface area contributed by atoms with Crippen molar-refractivity contribution >= 4 is 34.3 Å². The molecule has 0 spiro atoms. The number of aryl methyl sites for hydroxylation is 1. The molecule has 0 saturated heterocycles. The Bertz CT molecular complexity index is 628. The third-order valence-electron chi connectivity index (χ3n) is 2.19. The summed E-state index contributed by atoms with van der Waals surface area (Å²) in [7, 11) is 1.29. The second kappa shape index (κ2) is 6.06. The van der Waals surface area contributed by atoms with Crippen molar-refractivity contribution in [1.82, 2.24) is 15.0 Å². The van der Waals surface area contributed by atoms with Gasteiger partial charge in [0.1, 0.15) is 4.88 Å². The SMILES string of the molecule is COC(=O)c1sc(NC(=O)Nc2cnccn2)nc1C. The molecule has 0 fully saturated rings. The van der Waals surface area contributed by atoms with Gasteiger partial charge in [0.2, 0.25) is 0 Å². The Morgan fingerprint density at radius 3 is 2.75 bits per heavy atom. The van der Waals surface area contributed by atoms with Crippen LogP contribution >= 0.6 is 11.3 Å². The highest BCUT2D eigenvalue weighted by molar-refractivity contribution is 7.17. The highest BCUT2D eigenvalue weighted by atomic mass is 32.1. The molecule has 9 heteroatoms. The number of nitrogens with zero attached hydrogens (tertiary/aromatic N) is 3. The lowest BCUT2D eigenvalue weighted by Crippen LogP contribution is -2.20. The number of aromatic nitrogens is 3. The minimum Gasteiger partial charge on any atom is -0.465 e. The molecule has 2 heterocycles. The summed E-state index contributed by atoms with van der Waals surface area (Å²) in [5.74, 6) is -0.172. The molecule has 0 unspecified atom stereocenters. The van der Waals surface area contributed by atoms with Gasteiger partial charge < -0.3 is 4.74 Å². The molecule has 2 aromatic rings. The first-order valence-corrected chi connectivity index (χ1v) is 6.31. The number of hydrogen-bond acceptors (Lipinski definition) is 7. The van der Waals surface area contributed by atoms with Crippen molar-refractivity contribution in [2.45, 2.75) is 6.92 Å². The number of esters is 1. The van der Waals surface area contributed by atoms with Crippen LogP contribution in [0.25, 0.3) is 0 Å². The number of methoxy groups -OCH3 is 1. The molecule has 8 nitrogen and oxygen atoms in total. The zero-order valence-corrected chi connectivity index (χ0v) is 11.5. The Balaban J connectivity index is 2.03. The Labute approximate surface area is 118 Å². The molecule has 2 N–H and O–H groups in total. The fraction of sp³-hybridized carbons (Fsp3) is 0.182. The maximum Gasteiger partial charge on any atom is 0.350 e. The summed E-state index contributed by atoms with van der Waals surface area (Å²) in [5, 5.41) is 5.30. The van der Waals surface area contributed by atoms with E-state index in [0.29, 0.717) is 21.5 Å². The van der Waals surface area contributed by atoms with E-state index in [1.807, 2.05) is 0 Å². The van der Waals surface area contributed by atoms with Crippen LogP contribution in [0.1, 0.15) is 15.4 Å². The van der Waals surface area contributed by atoms with E-state index in [2.05, 4.69) is 30.3 Å². The first-order valence-electron chi connectivity index (χ1n) is 5.50. The first kappa shape index (κ1) is 13.9. The Kier molecular flexibility index (Phi) is 4.20. The van der Waals surface area contributed by atoms with Crippen molar-refractivity contribution in [3.63, 3.8) is 0 Å². The molecule has 0 bridgehead atoms. The number of rotatable bonds is 3. The molecule has 2 aromatic heterocycles. The number of nitrogens with one attached hydrogen (secondary N) is 2. The van der Waals surface area contributed by atoms with E-state index in [0.717, 1.165) is 11.3 Å². The molecule has 0 saturated carbocycles. The average Bonchev–Trinajstić information content (AvgIpc) is 2.79. The van der Waals surface area contributed by atoms with Crippen LogP contribution in [0.2, 0.25) is 0 Å². The third kappa shape index (κ3) is 3.26. The van der Waals surface area contributed by atoms with Crippen LogP contribution in [0.3, 0.4) is 0 Å². The van der Waals surface area contributed by atoms with E-state index >= 15 is 0 Å². The zero-order chi connectivity index (χ0) is 14.5. The van der Waals surface area contributed by atoms with Gasteiger partial charge in [0.15, 0.2) is 10.9 Å². The maximum absolute atomic E-state index is 11.7. The quantitative estimate of drug-likeness (QED) is 0.834. The fourth-order valence-electron chi connectivity index (χ4n) is 1.34. The standard InChI is InChI=1S/C11H11N5O3S/c1-6-8(9(17)19-2)20-11(14-6)16-10(18)15-7-5-12-3-4-13-7/h3-5H,1-2H3,(H2,13,14,15,16,18). The van der Waals surface area contributed by atoms with Gasteiger partial charge in [-0.2, -0.15) is 0 Å². The molecule has 0 aliphatic carbocycles. The van der Waals surface area contributed by atoms with Gasteiger partial charge >= 0.3 is 12.0 Å². The van der Waals surface area contributed by atoms with E-state index < -0.39 is 12.0 Å². The van der Waals surface area contributed by atoms with Gasteiger partial charge in [-0.15, -0.1) is 0 Å². The van der Waals surface area contributed by atoms with Crippen molar-refractivity contribution < 1.29 is 14.3 Å².